The Balaban J connectivity index is 0.967. The van der Waals surface area contributed by atoms with Crippen molar-refractivity contribution < 1.29 is 0 Å². The molecule has 2 heteroatoms. The van der Waals surface area contributed by atoms with E-state index < -0.39 is 0 Å². The van der Waals surface area contributed by atoms with Crippen molar-refractivity contribution >= 4 is 11.4 Å². The number of rotatable bonds is 26. The summed E-state index contributed by atoms with van der Waals surface area (Å²) in [6.07, 6.45) is 30.3. The van der Waals surface area contributed by atoms with Crippen molar-refractivity contribution in [2.45, 2.75) is 162 Å². The standard InChI is InChI=1S/C49H70N2/c1-3-20-46-38-42(36-40-26-32-48(50)33-27-40)24-30-44(46)22-18-16-14-12-10-8-6-5-7-9-11-13-15-17-19-23-45-31-25-43(39-47(45)21-4-2)37-41-28-34-49(51)35-29-41/h24-35,38-39H,3-23,36-37,50-51H2,1-2H3. The van der Waals surface area contributed by atoms with Gasteiger partial charge in [-0.05, 0) is 120 Å². The Hall–Kier alpha value is -3.52. The number of nitrogens with two attached hydrogens (primary N) is 2. The second-order valence-electron chi connectivity index (χ2n) is 15.3. The molecule has 0 aliphatic heterocycles. The zero-order valence-electron chi connectivity index (χ0n) is 32.5. The highest BCUT2D eigenvalue weighted by Gasteiger charge is 2.07. The normalized spacial score (nSPS) is 11.3. The maximum Gasteiger partial charge on any atom is 0.0314 e. The summed E-state index contributed by atoms with van der Waals surface area (Å²) in [5.74, 6) is 0. The maximum absolute atomic E-state index is 5.87. The third-order valence-corrected chi connectivity index (χ3v) is 10.7. The van der Waals surface area contributed by atoms with Crippen LogP contribution in [0.1, 0.15) is 168 Å². The average molecular weight is 687 g/mol. The minimum absolute atomic E-state index is 0.839. The highest BCUT2D eigenvalue weighted by atomic mass is 14.5. The van der Waals surface area contributed by atoms with Crippen LogP contribution in [0.15, 0.2) is 84.9 Å². The Morgan fingerprint density at radius 3 is 0.922 bits per heavy atom. The number of hydrogen-bond acceptors (Lipinski definition) is 2. The van der Waals surface area contributed by atoms with Crippen LogP contribution in [0.4, 0.5) is 11.4 Å². The average Bonchev–Trinajstić information content (AvgIpc) is 3.13. The van der Waals surface area contributed by atoms with Gasteiger partial charge >= 0.3 is 0 Å². The Morgan fingerprint density at radius 2 is 0.608 bits per heavy atom. The Kier molecular flexibility index (Phi) is 18.8. The fourth-order valence-electron chi connectivity index (χ4n) is 7.74. The summed E-state index contributed by atoms with van der Waals surface area (Å²) >= 11 is 0. The summed E-state index contributed by atoms with van der Waals surface area (Å²) < 4.78 is 0. The minimum Gasteiger partial charge on any atom is -0.399 e. The molecule has 276 valence electrons. The molecule has 0 saturated carbocycles. The molecule has 0 saturated heterocycles. The van der Waals surface area contributed by atoms with Gasteiger partial charge in [0.25, 0.3) is 0 Å². The van der Waals surface area contributed by atoms with E-state index in [1.54, 1.807) is 22.3 Å². The second-order valence-corrected chi connectivity index (χ2v) is 15.3. The summed E-state index contributed by atoms with van der Waals surface area (Å²) in [6, 6.07) is 31.1. The monoisotopic (exact) mass is 687 g/mol. The molecule has 4 N–H and O–H groups in total. The van der Waals surface area contributed by atoms with Crippen molar-refractivity contribution in [1.29, 1.82) is 0 Å². The molecule has 0 radical (unpaired) electrons. The van der Waals surface area contributed by atoms with E-state index in [1.165, 1.54) is 157 Å². The first-order chi connectivity index (χ1) is 25.0. The molecule has 51 heavy (non-hydrogen) atoms. The molecule has 0 spiro atoms. The van der Waals surface area contributed by atoms with Crippen LogP contribution in [-0.2, 0) is 38.5 Å². The van der Waals surface area contributed by atoms with Gasteiger partial charge in [0.05, 0.1) is 0 Å². The van der Waals surface area contributed by atoms with Gasteiger partial charge in [-0.15, -0.1) is 0 Å². The Morgan fingerprint density at radius 1 is 0.314 bits per heavy atom. The van der Waals surface area contributed by atoms with E-state index in [-0.39, 0.29) is 0 Å². The summed E-state index contributed by atoms with van der Waals surface area (Å²) in [7, 11) is 0. The molecular formula is C49H70N2. The summed E-state index contributed by atoms with van der Waals surface area (Å²) in [5.41, 5.74) is 25.2. The van der Waals surface area contributed by atoms with Crippen molar-refractivity contribution in [3.8, 4) is 0 Å². The number of aryl methyl sites for hydroxylation is 4. The molecule has 4 rings (SSSR count). The molecule has 0 fully saturated rings. The smallest absolute Gasteiger partial charge is 0.0314 e. The van der Waals surface area contributed by atoms with Gasteiger partial charge in [0.15, 0.2) is 0 Å². The number of benzene rings is 4. The van der Waals surface area contributed by atoms with Crippen LogP contribution in [0, 0.1) is 0 Å². The van der Waals surface area contributed by atoms with Gasteiger partial charge < -0.3 is 11.5 Å². The summed E-state index contributed by atoms with van der Waals surface area (Å²) in [5, 5.41) is 0. The van der Waals surface area contributed by atoms with E-state index in [0.717, 1.165) is 24.2 Å². The van der Waals surface area contributed by atoms with Crippen molar-refractivity contribution in [2.24, 2.45) is 0 Å². The molecule has 0 atom stereocenters. The van der Waals surface area contributed by atoms with Crippen LogP contribution in [-0.4, -0.2) is 0 Å². The van der Waals surface area contributed by atoms with Gasteiger partial charge in [-0.2, -0.15) is 0 Å². The van der Waals surface area contributed by atoms with Crippen molar-refractivity contribution in [2.75, 3.05) is 11.5 Å². The predicted octanol–water partition coefficient (Wildman–Crippen LogP) is 13.6. The molecule has 4 aromatic rings. The predicted molar refractivity (Wildman–Crippen MR) is 225 cm³/mol. The molecule has 2 nitrogen and oxygen atoms in total. The zero-order chi connectivity index (χ0) is 35.9. The fraction of sp³-hybridized carbons (Fsp3) is 0.510. The number of unbranched alkanes of at least 4 members (excludes halogenated alkanes) is 14. The first-order valence-corrected chi connectivity index (χ1v) is 20.9. The third-order valence-electron chi connectivity index (χ3n) is 10.7. The molecule has 4 aromatic carbocycles. The molecule has 0 aliphatic rings. The van der Waals surface area contributed by atoms with Gasteiger partial charge in [-0.25, -0.2) is 0 Å². The molecule has 0 unspecified atom stereocenters. The lowest BCUT2D eigenvalue weighted by atomic mass is 9.93. The summed E-state index contributed by atoms with van der Waals surface area (Å²) in [4.78, 5) is 0. The van der Waals surface area contributed by atoms with Gasteiger partial charge in [-0.3, -0.25) is 0 Å². The highest BCUT2D eigenvalue weighted by Crippen LogP contribution is 2.23. The Labute approximate surface area is 312 Å². The van der Waals surface area contributed by atoms with Crippen LogP contribution in [0.5, 0.6) is 0 Å². The van der Waals surface area contributed by atoms with Crippen LogP contribution < -0.4 is 11.5 Å². The topological polar surface area (TPSA) is 52.0 Å². The van der Waals surface area contributed by atoms with Crippen LogP contribution in [0.2, 0.25) is 0 Å². The molecule has 0 heterocycles. The third kappa shape index (κ3) is 15.7. The zero-order valence-corrected chi connectivity index (χ0v) is 32.5. The minimum atomic E-state index is 0.839. The van der Waals surface area contributed by atoms with E-state index in [9.17, 15) is 0 Å². The number of anilines is 2. The number of hydrogen-bond donors (Lipinski definition) is 2. The lowest BCUT2D eigenvalue weighted by molar-refractivity contribution is 0.530. The first kappa shape index (κ1) is 40.3. The molecule has 0 aliphatic carbocycles. The van der Waals surface area contributed by atoms with E-state index in [4.69, 9.17) is 11.5 Å². The van der Waals surface area contributed by atoms with E-state index >= 15 is 0 Å². The van der Waals surface area contributed by atoms with Gasteiger partial charge in [0.2, 0.25) is 0 Å². The lowest BCUT2D eigenvalue weighted by Gasteiger charge is -2.12. The molecule has 0 amide bonds. The van der Waals surface area contributed by atoms with Gasteiger partial charge in [0, 0.05) is 11.4 Å². The maximum atomic E-state index is 5.87. The van der Waals surface area contributed by atoms with Crippen molar-refractivity contribution in [3.63, 3.8) is 0 Å². The van der Waals surface area contributed by atoms with Crippen LogP contribution in [0.25, 0.3) is 0 Å². The van der Waals surface area contributed by atoms with E-state index in [1.807, 2.05) is 24.3 Å². The molecule has 0 aromatic heterocycles. The van der Waals surface area contributed by atoms with Gasteiger partial charge in [-0.1, -0.05) is 171 Å². The van der Waals surface area contributed by atoms with Crippen LogP contribution >= 0.6 is 0 Å². The quantitative estimate of drug-likeness (QED) is 0.0510. The highest BCUT2D eigenvalue weighted by molar-refractivity contribution is 5.43. The molecular weight excluding hydrogens is 617 g/mol. The fourth-order valence-corrected chi connectivity index (χ4v) is 7.74. The summed E-state index contributed by atoms with van der Waals surface area (Å²) in [6.45, 7) is 4.60. The van der Waals surface area contributed by atoms with E-state index in [2.05, 4.69) is 74.5 Å². The largest absolute Gasteiger partial charge is 0.399 e. The van der Waals surface area contributed by atoms with Gasteiger partial charge in [0.1, 0.15) is 0 Å². The first-order valence-electron chi connectivity index (χ1n) is 20.9. The van der Waals surface area contributed by atoms with E-state index in [0.29, 0.717) is 0 Å². The Bertz CT molecular complexity index is 1390. The van der Waals surface area contributed by atoms with Crippen molar-refractivity contribution in [3.05, 3.63) is 129 Å². The molecule has 0 bridgehead atoms. The second kappa shape index (κ2) is 23.9. The SMILES string of the molecule is CCCc1cc(Cc2ccc(N)cc2)ccc1CCCCCCCCCCCCCCCCCc1ccc(Cc2ccc(N)cc2)cc1CCC. The van der Waals surface area contributed by atoms with Crippen LogP contribution in [0.3, 0.4) is 0 Å². The lowest BCUT2D eigenvalue weighted by Crippen LogP contribution is -1.98. The number of nitrogen functional groups attached to an aromatic ring is 2. The van der Waals surface area contributed by atoms with Crippen molar-refractivity contribution in [1.82, 2.24) is 0 Å².